The highest BCUT2D eigenvalue weighted by molar-refractivity contribution is 7.07. The summed E-state index contributed by atoms with van der Waals surface area (Å²) in [5.41, 5.74) is 3.52. The van der Waals surface area contributed by atoms with E-state index in [1.54, 1.807) is 26.4 Å². The zero-order valence-corrected chi connectivity index (χ0v) is 17.2. The van der Waals surface area contributed by atoms with Gasteiger partial charge in [0.1, 0.15) is 17.2 Å². The van der Waals surface area contributed by atoms with Crippen molar-refractivity contribution in [2.45, 2.75) is 13.8 Å². The van der Waals surface area contributed by atoms with Crippen molar-refractivity contribution in [2.24, 2.45) is 10.1 Å². The van der Waals surface area contributed by atoms with Gasteiger partial charge in [-0.2, -0.15) is 5.10 Å². The molecule has 28 heavy (non-hydrogen) atoms. The average molecular weight is 398 g/mol. The van der Waals surface area contributed by atoms with E-state index in [0.717, 1.165) is 33.1 Å². The third kappa shape index (κ3) is 4.09. The minimum absolute atomic E-state index is 0.227. The SMILES string of the molecule is CCN=c1scc(-c2ccc(OC)cc2OC)n1N=C(C)c1ccc(O)cc1. The molecule has 0 fully saturated rings. The van der Waals surface area contributed by atoms with Gasteiger partial charge >= 0.3 is 0 Å². The third-order valence-corrected chi connectivity index (χ3v) is 5.05. The Bertz CT molecular complexity index is 1050. The number of aromatic hydroxyl groups is 1. The smallest absolute Gasteiger partial charge is 0.206 e. The Kier molecular flexibility index (Phi) is 6.16. The van der Waals surface area contributed by atoms with E-state index in [-0.39, 0.29) is 5.75 Å². The normalized spacial score (nSPS) is 12.3. The molecule has 3 aromatic rings. The Hall–Kier alpha value is -3.06. The van der Waals surface area contributed by atoms with Crippen LogP contribution in [0.3, 0.4) is 0 Å². The van der Waals surface area contributed by atoms with Crippen LogP contribution in [0.25, 0.3) is 11.3 Å². The zero-order chi connectivity index (χ0) is 20.1. The largest absolute Gasteiger partial charge is 0.508 e. The molecule has 0 aliphatic rings. The number of rotatable bonds is 6. The fourth-order valence-electron chi connectivity index (χ4n) is 2.75. The summed E-state index contributed by atoms with van der Waals surface area (Å²) in [6.07, 6.45) is 0. The van der Waals surface area contributed by atoms with Gasteiger partial charge in [-0.15, -0.1) is 11.3 Å². The van der Waals surface area contributed by atoms with Gasteiger partial charge in [-0.25, -0.2) is 4.68 Å². The summed E-state index contributed by atoms with van der Waals surface area (Å²) in [6.45, 7) is 4.59. The first-order valence-corrected chi connectivity index (χ1v) is 9.73. The summed E-state index contributed by atoms with van der Waals surface area (Å²) >= 11 is 1.53. The van der Waals surface area contributed by atoms with E-state index in [2.05, 4.69) is 4.99 Å². The van der Waals surface area contributed by atoms with Crippen LogP contribution in [0, 0.1) is 0 Å². The quantitative estimate of drug-likeness (QED) is 0.636. The number of phenolic OH excluding ortho intramolecular Hbond substituents is 1. The number of ether oxygens (including phenoxy) is 2. The van der Waals surface area contributed by atoms with Crippen molar-refractivity contribution in [3.63, 3.8) is 0 Å². The maximum Gasteiger partial charge on any atom is 0.206 e. The number of aromatic nitrogens is 1. The van der Waals surface area contributed by atoms with E-state index in [1.165, 1.54) is 11.3 Å². The van der Waals surface area contributed by atoms with Crippen LogP contribution in [0.2, 0.25) is 0 Å². The van der Waals surface area contributed by atoms with E-state index in [0.29, 0.717) is 12.3 Å². The highest BCUT2D eigenvalue weighted by Crippen LogP contribution is 2.33. The number of methoxy groups -OCH3 is 2. The van der Waals surface area contributed by atoms with Crippen molar-refractivity contribution in [1.29, 1.82) is 0 Å². The van der Waals surface area contributed by atoms with Crippen LogP contribution in [0.5, 0.6) is 17.2 Å². The van der Waals surface area contributed by atoms with E-state index in [1.807, 2.05) is 54.2 Å². The van der Waals surface area contributed by atoms with Crippen LogP contribution < -0.4 is 14.3 Å². The van der Waals surface area contributed by atoms with Crippen molar-refractivity contribution in [3.05, 3.63) is 58.2 Å². The molecule has 1 heterocycles. The van der Waals surface area contributed by atoms with E-state index < -0.39 is 0 Å². The van der Waals surface area contributed by atoms with Crippen molar-refractivity contribution in [2.75, 3.05) is 20.8 Å². The molecular formula is C21H23N3O3S. The van der Waals surface area contributed by atoms with Gasteiger partial charge in [-0.05, 0) is 55.8 Å². The first-order chi connectivity index (χ1) is 13.6. The molecule has 0 unspecified atom stereocenters. The third-order valence-electron chi connectivity index (χ3n) is 4.20. The molecular weight excluding hydrogens is 374 g/mol. The highest BCUT2D eigenvalue weighted by Gasteiger charge is 2.14. The van der Waals surface area contributed by atoms with Gasteiger partial charge in [-0.1, -0.05) is 0 Å². The monoisotopic (exact) mass is 397 g/mol. The number of thiazole rings is 1. The molecule has 1 N–H and O–H groups in total. The first kappa shape index (κ1) is 19.7. The molecule has 0 aliphatic heterocycles. The molecule has 0 amide bonds. The lowest BCUT2D eigenvalue weighted by Crippen LogP contribution is -2.14. The Morgan fingerprint density at radius 2 is 1.86 bits per heavy atom. The average Bonchev–Trinajstić information content (AvgIpc) is 3.10. The van der Waals surface area contributed by atoms with Crippen LogP contribution in [0.15, 0.2) is 57.9 Å². The number of hydrogen-bond acceptors (Lipinski definition) is 6. The predicted molar refractivity (Wildman–Crippen MR) is 113 cm³/mol. The summed E-state index contributed by atoms with van der Waals surface area (Å²) in [7, 11) is 3.26. The standard InChI is InChI=1S/C21H23N3O3S/c1-5-22-21-24(23-14(2)15-6-8-16(25)9-7-15)19(13-28-21)18-11-10-17(26-3)12-20(18)27-4/h6-13,25H,5H2,1-4H3. The van der Waals surface area contributed by atoms with Gasteiger partial charge in [0.25, 0.3) is 0 Å². The van der Waals surface area contributed by atoms with Gasteiger partial charge in [0, 0.05) is 23.6 Å². The van der Waals surface area contributed by atoms with Crippen LogP contribution in [-0.4, -0.2) is 36.3 Å². The number of benzene rings is 2. The van der Waals surface area contributed by atoms with Gasteiger partial charge in [0.05, 0.1) is 25.6 Å². The second-order valence-corrected chi connectivity index (χ2v) is 6.82. The lowest BCUT2D eigenvalue weighted by molar-refractivity contribution is 0.395. The zero-order valence-electron chi connectivity index (χ0n) is 16.3. The fourth-order valence-corrected chi connectivity index (χ4v) is 3.63. The Labute approximate surface area is 168 Å². The van der Waals surface area contributed by atoms with Gasteiger partial charge < -0.3 is 14.6 Å². The van der Waals surface area contributed by atoms with E-state index >= 15 is 0 Å². The second kappa shape index (κ2) is 8.75. The topological polar surface area (TPSA) is 68.3 Å². The van der Waals surface area contributed by atoms with Crippen molar-refractivity contribution in [1.82, 2.24) is 4.68 Å². The first-order valence-electron chi connectivity index (χ1n) is 8.85. The molecule has 1 aromatic heterocycles. The molecule has 0 saturated carbocycles. The summed E-state index contributed by atoms with van der Waals surface area (Å²) in [4.78, 5) is 5.37. The lowest BCUT2D eigenvalue weighted by atomic mass is 10.1. The van der Waals surface area contributed by atoms with Crippen LogP contribution in [0.1, 0.15) is 19.4 Å². The minimum Gasteiger partial charge on any atom is -0.508 e. The van der Waals surface area contributed by atoms with Crippen LogP contribution in [0.4, 0.5) is 0 Å². The molecule has 0 aliphatic carbocycles. The second-order valence-electron chi connectivity index (χ2n) is 5.99. The molecule has 2 aromatic carbocycles. The van der Waals surface area contributed by atoms with Gasteiger partial charge in [0.15, 0.2) is 0 Å². The van der Waals surface area contributed by atoms with Crippen molar-refractivity contribution >= 4 is 17.0 Å². The summed E-state index contributed by atoms with van der Waals surface area (Å²) in [6, 6.07) is 12.7. The summed E-state index contributed by atoms with van der Waals surface area (Å²) in [5.74, 6) is 1.65. The maximum atomic E-state index is 9.52. The molecule has 0 saturated heterocycles. The number of phenols is 1. The summed E-state index contributed by atoms with van der Waals surface area (Å²) in [5, 5.41) is 16.4. The van der Waals surface area contributed by atoms with E-state index in [4.69, 9.17) is 14.6 Å². The Morgan fingerprint density at radius 3 is 2.50 bits per heavy atom. The molecule has 0 bridgehead atoms. The Morgan fingerprint density at radius 1 is 1.11 bits per heavy atom. The predicted octanol–water partition coefficient (Wildman–Crippen LogP) is 4.13. The van der Waals surface area contributed by atoms with Crippen molar-refractivity contribution in [3.8, 4) is 28.5 Å². The molecule has 0 spiro atoms. The fraction of sp³-hybridized carbons (Fsp3) is 0.238. The molecule has 0 atom stereocenters. The number of nitrogens with zero attached hydrogens (tertiary/aromatic N) is 3. The molecule has 0 radical (unpaired) electrons. The number of hydrogen-bond donors (Lipinski definition) is 1. The van der Waals surface area contributed by atoms with Crippen LogP contribution >= 0.6 is 11.3 Å². The van der Waals surface area contributed by atoms with Crippen molar-refractivity contribution < 1.29 is 14.6 Å². The van der Waals surface area contributed by atoms with Gasteiger partial charge in [-0.3, -0.25) is 4.99 Å². The highest BCUT2D eigenvalue weighted by atomic mass is 32.1. The molecule has 6 nitrogen and oxygen atoms in total. The maximum absolute atomic E-state index is 9.52. The molecule has 3 rings (SSSR count). The Balaban J connectivity index is 2.16. The lowest BCUT2D eigenvalue weighted by Gasteiger charge is -2.11. The minimum atomic E-state index is 0.227. The van der Waals surface area contributed by atoms with E-state index in [9.17, 15) is 5.11 Å². The summed E-state index contributed by atoms with van der Waals surface area (Å²) < 4.78 is 12.7. The van der Waals surface area contributed by atoms with Crippen LogP contribution in [-0.2, 0) is 0 Å². The molecule has 7 heteroatoms. The molecule has 146 valence electrons. The van der Waals surface area contributed by atoms with Gasteiger partial charge in [0.2, 0.25) is 4.80 Å².